The van der Waals surface area contributed by atoms with Crippen molar-refractivity contribution in [2.45, 2.75) is 38.2 Å². The molecule has 3 rings (SSSR count). The van der Waals surface area contributed by atoms with E-state index >= 15 is 0 Å². The van der Waals surface area contributed by atoms with Crippen molar-refractivity contribution in [2.75, 3.05) is 12.8 Å². The van der Waals surface area contributed by atoms with Crippen LogP contribution in [0.3, 0.4) is 0 Å². The molecular formula is C14H19N3O2S. The number of hydrogen-bond donors (Lipinski definition) is 1. The van der Waals surface area contributed by atoms with Crippen molar-refractivity contribution in [3.63, 3.8) is 0 Å². The molecule has 2 heterocycles. The van der Waals surface area contributed by atoms with Crippen molar-refractivity contribution in [1.29, 1.82) is 0 Å². The molecule has 0 aromatic carbocycles. The summed E-state index contributed by atoms with van der Waals surface area (Å²) in [7, 11) is 1.72. The van der Waals surface area contributed by atoms with E-state index in [2.05, 4.69) is 10.1 Å². The predicted molar refractivity (Wildman–Crippen MR) is 78.3 cm³/mol. The van der Waals surface area contributed by atoms with Gasteiger partial charge in [0.2, 0.25) is 5.82 Å². The lowest BCUT2D eigenvalue weighted by molar-refractivity contribution is 0.0274. The maximum absolute atomic E-state index is 5.88. The molecule has 2 N–H and O–H groups in total. The van der Waals surface area contributed by atoms with Gasteiger partial charge in [0, 0.05) is 7.11 Å². The lowest BCUT2D eigenvalue weighted by Crippen LogP contribution is -2.19. The van der Waals surface area contributed by atoms with Crippen LogP contribution in [0.25, 0.3) is 10.8 Å². The van der Waals surface area contributed by atoms with Gasteiger partial charge in [-0.05, 0) is 30.2 Å². The van der Waals surface area contributed by atoms with Crippen LogP contribution in [0, 0.1) is 5.92 Å². The zero-order valence-electron chi connectivity index (χ0n) is 11.5. The Morgan fingerprint density at radius 1 is 1.40 bits per heavy atom. The zero-order chi connectivity index (χ0) is 13.9. The molecule has 2 aromatic heterocycles. The van der Waals surface area contributed by atoms with Gasteiger partial charge in [-0.3, -0.25) is 0 Å². The van der Waals surface area contributed by atoms with Gasteiger partial charge in [-0.1, -0.05) is 24.4 Å². The molecule has 1 aliphatic rings. The second-order valence-electron chi connectivity index (χ2n) is 5.22. The molecule has 0 aliphatic heterocycles. The smallest absolute Gasteiger partial charge is 0.270 e. The first kappa shape index (κ1) is 13.6. The molecule has 1 unspecified atom stereocenters. The van der Waals surface area contributed by atoms with Crippen molar-refractivity contribution < 1.29 is 9.26 Å². The second-order valence-corrected chi connectivity index (χ2v) is 6.13. The highest BCUT2D eigenvalue weighted by Crippen LogP contribution is 2.37. The van der Waals surface area contributed by atoms with Crippen LogP contribution in [-0.4, -0.2) is 17.3 Å². The molecule has 0 saturated heterocycles. The molecular weight excluding hydrogens is 274 g/mol. The van der Waals surface area contributed by atoms with Crippen molar-refractivity contribution >= 4 is 17.0 Å². The number of thiophene rings is 1. The number of anilines is 1. The number of methoxy groups -OCH3 is 1. The Morgan fingerprint density at radius 3 is 2.85 bits per heavy atom. The van der Waals surface area contributed by atoms with Gasteiger partial charge in [0.15, 0.2) is 0 Å². The predicted octanol–water partition coefficient (Wildman–Crippen LogP) is 3.65. The highest BCUT2D eigenvalue weighted by Gasteiger charge is 2.29. The summed E-state index contributed by atoms with van der Waals surface area (Å²) in [6.45, 7) is 0. The van der Waals surface area contributed by atoms with Crippen LogP contribution in [0.4, 0.5) is 5.69 Å². The third kappa shape index (κ3) is 2.58. The minimum absolute atomic E-state index is 0.0750. The summed E-state index contributed by atoms with van der Waals surface area (Å²) >= 11 is 1.51. The third-order valence-corrected chi connectivity index (χ3v) is 4.84. The van der Waals surface area contributed by atoms with E-state index < -0.39 is 0 Å². The van der Waals surface area contributed by atoms with Crippen LogP contribution in [0.15, 0.2) is 16.0 Å². The van der Waals surface area contributed by atoms with E-state index in [1.54, 1.807) is 7.11 Å². The summed E-state index contributed by atoms with van der Waals surface area (Å²) < 4.78 is 11.0. The van der Waals surface area contributed by atoms with Gasteiger partial charge in [0.1, 0.15) is 11.0 Å². The minimum atomic E-state index is -0.0750. The molecule has 1 saturated carbocycles. The van der Waals surface area contributed by atoms with Crippen molar-refractivity contribution in [3.05, 3.63) is 17.3 Å². The highest BCUT2D eigenvalue weighted by atomic mass is 32.1. The lowest BCUT2D eigenvalue weighted by Gasteiger charge is -2.26. The second kappa shape index (κ2) is 5.93. The van der Waals surface area contributed by atoms with Gasteiger partial charge in [-0.25, -0.2) is 0 Å². The Balaban J connectivity index is 1.82. The quantitative estimate of drug-likeness (QED) is 0.931. The normalized spacial score (nSPS) is 18.2. The fourth-order valence-corrected chi connectivity index (χ4v) is 3.62. The summed E-state index contributed by atoms with van der Waals surface area (Å²) in [5.41, 5.74) is 6.56. The van der Waals surface area contributed by atoms with Crippen molar-refractivity contribution in [2.24, 2.45) is 5.92 Å². The number of ether oxygens (including phenoxy) is 1. The average Bonchev–Trinajstić information content (AvgIpc) is 3.10. The molecule has 1 fully saturated rings. The largest absolute Gasteiger partial charge is 0.397 e. The standard InChI is InChI=1S/C14H19N3O2S/c1-18-11(9-5-3-2-4-6-9)13-16-14(19-17-13)12-10(15)7-8-20-12/h7-9,11H,2-6,15H2,1H3. The van der Waals surface area contributed by atoms with Crippen LogP contribution >= 0.6 is 11.3 Å². The van der Waals surface area contributed by atoms with Crippen LogP contribution < -0.4 is 5.73 Å². The molecule has 1 aliphatic carbocycles. The average molecular weight is 293 g/mol. The van der Waals surface area contributed by atoms with E-state index in [0.29, 0.717) is 23.3 Å². The van der Waals surface area contributed by atoms with Gasteiger partial charge in [0.05, 0.1) is 5.69 Å². The summed E-state index contributed by atoms with van der Waals surface area (Å²) in [5.74, 6) is 1.62. The summed E-state index contributed by atoms with van der Waals surface area (Å²) in [6, 6.07) is 1.85. The molecule has 6 heteroatoms. The van der Waals surface area contributed by atoms with Gasteiger partial charge in [-0.15, -0.1) is 11.3 Å². The first-order chi connectivity index (χ1) is 9.79. The molecule has 5 nitrogen and oxygen atoms in total. The number of rotatable bonds is 4. The number of aromatic nitrogens is 2. The third-order valence-electron chi connectivity index (χ3n) is 3.92. The number of nitrogens with two attached hydrogens (primary N) is 1. The van der Waals surface area contributed by atoms with Crippen molar-refractivity contribution in [3.8, 4) is 10.8 Å². The molecule has 1 atom stereocenters. The highest BCUT2D eigenvalue weighted by molar-refractivity contribution is 7.14. The maximum Gasteiger partial charge on any atom is 0.270 e. The van der Waals surface area contributed by atoms with Crippen LogP contribution in [0.1, 0.15) is 44.0 Å². The monoisotopic (exact) mass is 293 g/mol. The molecule has 0 spiro atoms. The Hall–Kier alpha value is -1.40. The van der Waals surface area contributed by atoms with Crippen molar-refractivity contribution in [1.82, 2.24) is 10.1 Å². The first-order valence-corrected chi connectivity index (χ1v) is 7.87. The topological polar surface area (TPSA) is 74.2 Å². The summed E-state index contributed by atoms with van der Waals surface area (Å²) in [4.78, 5) is 5.32. The Labute approximate surface area is 122 Å². The molecule has 0 radical (unpaired) electrons. The van der Waals surface area contributed by atoms with Crippen LogP contribution in [0.5, 0.6) is 0 Å². The number of nitrogens with zero attached hydrogens (tertiary/aromatic N) is 2. The van der Waals surface area contributed by atoms with Crippen LogP contribution in [0.2, 0.25) is 0 Å². The van der Waals surface area contributed by atoms with Gasteiger partial charge >= 0.3 is 0 Å². The van der Waals surface area contributed by atoms with Gasteiger partial charge in [0.25, 0.3) is 5.89 Å². The molecule has 20 heavy (non-hydrogen) atoms. The molecule has 0 bridgehead atoms. The Bertz CT molecular complexity index is 560. The number of nitrogen functional groups attached to an aromatic ring is 1. The number of hydrogen-bond acceptors (Lipinski definition) is 6. The Kier molecular flexibility index (Phi) is 4.03. The Morgan fingerprint density at radius 2 is 2.20 bits per heavy atom. The molecule has 0 amide bonds. The summed E-state index contributed by atoms with van der Waals surface area (Å²) in [6.07, 6.45) is 6.10. The van der Waals surface area contributed by atoms with Gasteiger partial charge < -0.3 is 15.0 Å². The molecule has 2 aromatic rings. The van der Waals surface area contributed by atoms with E-state index in [4.69, 9.17) is 15.0 Å². The van der Waals surface area contributed by atoms with E-state index in [9.17, 15) is 0 Å². The lowest BCUT2D eigenvalue weighted by atomic mass is 9.85. The van der Waals surface area contributed by atoms with E-state index in [1.807, 2.05) is 11.4 Å². The van der Waals surface area contributed by atoms with E-state index in [0.717, 1.165) is 4.88 Å². The zero-order valence-corrected chi connectivity index (χ0v) is 12.4. The summed E-state index contributed by atoms with van der Waals surface area (Å²) in [5, 5.41) is 6.02. The first-order valence-electron chi connectivity index (χ1n) is 6.99. The molecule has 108 valence electrons. The fourth-order valence-electron chi connectivity index (χ4n) is 2.88. The minimum Gasteiger partial charge on any atom is -0.397 e. The maximum atomic E-state index is 5.88. The SMILES string of the molecule is COC(c1noc(-c2sccc2N)n1)C1CCCCC1. The van der Waals surface area contributed by atoms with E-state index in [1.165, 1.54) is 43.4 Å². The van der Waals surface area contributed by atoms with Gasteiger partial charge in [-0.2, -0.15) is 4.98 Å². The fraction of sp³-hybridized carbons (Fsp3) is 0.571. The van der Waals surface area contributed by atoms with Crippen LogP contribution in [-0.2, 0) is 4.74 Å². The van der Waals surface area contributed by atoms with E-state index in [-0.39, 0.29) is 6.10 Å².